The van der Waals surface area contributed by atoms with Gasteiger partial charge in [0.25, 0.3) is 5.91 Å². The summed E-state index contributed by atoms with van der Waals surface area (Å²) < 4.78 is 30.2. The van der Waals surface area contributed by atoms with Gasteiger partial charge in [-0.25, -0.2) is 9.29 Å². The molecule has 0 saturated carbocycles. The van der Waals surface area contributed by atoms with Crippen LogP contribution < -0.4 is 19.2 Å². The highest BCUT2D eigenvalue weighted by atomic mass is 32.2. The number of thioether (sulfide) groups is 1. The predicted octanol–water partition coefficient (Wildman–Crippen LogP) is 2.62. The fourth-order valence-corrected chi connectivity index (χ4v) is 7.78. The van der Waals surface area contributed by atoms with Gasteiger partial charge in [0.15, 0.2) is 18.1 Å². The topological polar surface area (TPSA) is 118 Å². The van der Waals surface area contributed by atoms with Crippen LogP contribution in [0, 0.1) is 11.7 Å². The monoisotopic (exact) mass is 585 g/mol. The molecule has 13 heteroatoms. The molecule has 0 radical (unpaired) electrons. The van der Waals surface area contributed by atoms with Crippen molar-refractivity contribution in [1.29, 1.82) is 0 Å². The number of carbonyl (C=O) groups excluding carboxylic acids is 3. The zero-order valence-corrected chi connectivity index (χ0v) is 22.9. The third-order valence-electron chi connectivity index (χ3n) is 7.17. The quantitative estimate of drug-likeness (QED) is 0.439. The van der Waals surface area contributed by atoms with Crippen molar-refractivity contribution in [2.24, 2.45) is 5.92 Å². The number of H-pyrrole nitrogens is 1. The van der Waals surface area contributed by atoms with Crippen LogP contribution >= 0.6 is 23.1 Å². The lowest BCUT2D eigenvalue weighted by atomic mass is 9.83. The van der Waals surface area contributed by atoms with Gasteiger partial charge in [0.2, 0.25) is 11.8 Å². The summed E-state index contributed by atoms with van der Waals surface area (Å²) in [6.45, 7) is 1.80. The van der Waals surface area contributed by atoms with Crippen LogP contribution in [0.3, 0.4) is 0 Å². The Bertz CT molecular complexity index is 1530. The van der Waals surface area contributed by atoms with Crippen molar-refractivity contribution in [3.8, 4) is 11.5 Å². The first kappa shape index (κ1) is 26.5. The number of nitrogens with one attached hydrogen (secondary N) is 1. The first-order chi connectivity index (χ1) is 19.4. The number of nitrogens with zero attached hydrogens (tertiary/aromatic N) is 2. The van der Waals surface area contributed by atoms with Gasteiger partial charge in [-0.3, -0.25) is 19.2 Å². The number of halogens is 1. The number of hydrogen-bond acceptors (Lipinski definition) is 9. The number of anilines is 1. The molecule has 208 valence electrons. The SMILES string of the molecule is COc1cc([C@H]2c3sc(=O)[nH]c3SC3C(=O)N(c4ccc(F)cc4)C(=O)C32)ccc1OCC(=O)N1CCOCC1. The van der Waals surface area contributed by atoms with Crippen LogP contribution in [0.15, 0.2) is 52.3 Å². The zero-order chi connectivity index (χ0) is 28.0. The fourth-order valence-electron chi connectivity index (χ4n) is 5.26. The van der Waals surface area contributed by atoms with E-state index in [4.69, 9.17) is 14.2 Å². The molecular weight excluding hydrogens is 561 g/mol. The van der Waals surface area contributed by atoms with E-state index in [0.29, 0.717) is 53.3 Å². The molecule has 0 spiro atoms. The molecule has 3 aromatic rings. The highest BCUT2D eigenvalue weighted by Gasteiger charge is 2.56. The standard InChI is InChI=1S/C27H24FN3O7S2/c1-36-18-12-14(2-7-17(18)38-13-19(32)30-8-10-37-11-9-30)20-21-23(39-24-22(20)40-27(35)29-24)26(34)31(25(21)33)16-5-3-15(28)4-6-16/h2-7,12,20-21,23H,8-11,13H2,1H3,(H,29,35)/t20-,21?,23?/m1/s1. The van der Waals surface area contributed by atoms with Crippen LogP contribution in [-0.2, 0) is 19.1 Å². The first-order valence-corrected chi connectivity index (χ1v) is 14.2. The number of fused-ring (bicyclic) bond motifs is 2. The number of amides is 3. The number of aromatic amines is 1. The maximum Gasteiger partial charge on any atom is 0.305 e. The van der Waals surface area contributed by atoms with Crippen LogP contribution in [0.2, 0.25) is 0 Å². The predicted molar refractivity (Wildman–Crippen MR) is 145 cm³/mol. The lowest BCUT2D eigenvalue weighted by Crippen LogP contribution is -2.43. The van der Waals surface area contributed by atoms with E-state index in [1.165, 1.54) is 31.4 Å². The normalized spacial score (nSPS) is 22.2. The average Bonchev–Trinajstić information content (AvgIpc) is 3.46. The number of thiazole rings is 1. The minimum absolute atomic E-state index is 0.167. The number of hydrogen-bond donors (Lipinski definition) is 1. The molecule has 1 aromatic heterocycles. The van der Waals surface area contributed by atoms with Crippen LogP contribution in [0.4, 0.5) is 10.1 Å². The molecule has 3 aliphatic rings. The van der Waals surface area contributed by atoms with Gasteiger partial charge in [0.05, 0.1) is 37.0 Å². The van der Waals surface area contributed by atoms with Gasteiger partial charge in [-0.2, -0.15) is 0 Å². The minimum atomic E-state index is -0.805. The molecule has 0 aliphatic carbocycles. The maximum absolute atomic E-state index is 13.8. The number of aromatic nitrogens is 1. The Balaban J connectivity index is 1.32. The molecule has 3 atom stereocenters. The number of imide groups is 1. The lowest BCUT2D eigenvalue weighted by Gasteiger charge is -2.30. The van der Waals surface area contributed by atoms with E-state index < -0.39 is 34.7 Å². The molecular formula is C27H24FN3O7S2. The second-order valence-electron chi connectivity index (χ2n) is 9.43. The van der Waals surface area contributed by atoms with Crippen molar-refractivity contribution in [1.82, 2.24) is 9.88 Å². The van der Waals surface area contributed by atoms with E-state index in [9.17, 15) is 23.6 Å². The summed E-state index contributed by atoms with van der Waals surface area (Å²) >= 11 is 2.16. The average molecular weight is 586 g/mol. The second kappa shape index (κ2) is 10.7. The van der Waals surface area contributed by atoms with Crippen LogP contribution in [0.5, 0.6) is 11.5 Å². The fraction of sp³-hybridized carbons (Fsp3) is 0.333. The van der Waals surface area contributed by atoms with Crippen LogP contribution in [-0.4, -0.2) is 72.9 Å². The Kier molecular flexibility index (Phi) is 7.11. The molecule has 6 rings (SSSR count). The van der Waals surface area contributed by atoms with Gasteiger partial charge in [-0.05, 0) is 42.0 Å². The van der Waals surface area contributed by atoms with Gasteiger partial charge < -0.3 is 24.1 Å². The molecule has 3 amide bonds. The van der Waals surface area contributed by atoms with Gasteiger partial charge in [0, 0.05) is 23.9 Å². The molecule has 3 aliphatic heterocycles. The van der Waals surface area contributed by atoms with Crippen molar-refractivity contribution >= 4 is 46.5 Å². The summed E-state index contributed by atoms with van der Waals surface area (Å²) in [7, 11) is 1.47. The van der Waals surface area contributed by atoms with Gasteiger partial charge in [0.1, 0.15) is 11.1 Å². The summed E-state index contributed by atoms with van der Waals surface area (Å²) in [6, 6.07) is 10.3. The van der Waals surface area contributed by atoms with Gasteiger partial charge >= 0.3 is 4.87 Å². The Labute approximate surface area is 236 Å². The summed E-state index contributed by atoms with van der Waals surface area (Å²) in [4.78, 5) is 58.1. The molecule has 2 aromatic carbocycles. The van der Waals surface area contributed by atoms with Crippen molar-refractivity contribution in [3.63, 3.8) is 0 Å². The van der Waals surface area contributed by atoms with E-state index >= 15 is 0 Å². The molecule has 0 bridgehead atoms. The summed E-state index contributed by atoms with van der Waals surface area (Å²) in [6.07, 6.45) is 0. The Morgan fingerprint density at radius 3 is 2.55 bits per heavy atom. The van der Waals surface area contributed by atoms with E-state index in [0.717, 1.165) is 28.0 Å². The Morgan fingerprint density at radius 1 is 1.07 bits per heavy atom. The van der Waals surface area contributed by atoms with Gasteiger partial charge in [-0.15, -0.1) is 0 Å². The zero-order valence-electron chi connectivity index (χ0n) is 21.3. The second-order valence-corrected chi connectivity index (χ2v) is 11.6. The molecule has 10 nitrogen and oxygen atoms in total. The molecule has 1 N–H and O–H groups in total. The Hall–Kier alpha value is -3.68. The van der Waals surface area contributed by atoms with Gasteiger partial charge in [-0.1, -0.05) is 29.2 Å². The number of ether oxygens (including phenoxy) is 3. The highest BCUT2D eigenvalue weighted by Crippen LogP contribution is 2.53. The van der Waals surface area contributed by atoms with Crippen LogP contribution in [0.1, 0.15) is 16.4 Å². The van der Waals surface area contributed by atoms with Crippen molar-refractivity contribution in [2.45, 2.75) is 16.2 Å². The summed E-state index contributed by atoms with van der Waals surface area (Å²) in [5, 5.41) is -0.243. The minimum Gasteiger partial charge on any atom is -0.493 e. The van der Waals surface area contributed by atoms with E-state index in [2.05, 4.69) is 4.98 Å². The van der Waals surface area contributed by atoms with E-state index in [1.807, 2.05) is 0 Å². The Morgan fingerprint density at radius 2 is 1.82 bits per heavy atom. The third-order valence-corrected chi connectivity index (χ3v) is 9.57. The van der Waals surface area contributed by atoms with Crippen molar-refractivity contribution < 1.29 is 33.0 Å². The number of rotatable bonds is 6. The largest absolute Gasteiger partial charge is 0.493 e. The summed E-state index contributed by atoms with van der Waals surface area (Å²) in [5.41, 5.74) is 0.936. The molecule has 40 heavy (non-hydrogen) atoms. The molecule has 2 fully saturated rings. The number of carbonyl (C=O) groups is 3. The van der Waals surface area contributed by atoms with E-state index in [-0.39, 0.29) is 23.1 Å². The first-order valence-electron chi connectivity index (χ1n) is 12.5. The highest BCUT2D eigenvalue weighted by molar-refractivity contribution is 8.00. The number of morpholine rings is 1. The molecule has 2 unspecified atom stereocenters. The number of benzene rings is 2. The van der Waals surface area contributed by atoms with Crippen LogP contribution in [0.25, 0.3) is 0 Å². The number of methoxy groups -OCH3 is 1. The molecule has 2 saturated heterocycles. The van der Waals surface area contributed by atoms with Crippen molar-refractivity contribution in [3.05, 3.63) is 68.4 Å². The smallest absolute Gasteiger partial charge is 0.305 e. The third kappa shape index (κ3) is 4.67. The molecule has 4 heterocycles. The summed E-state index contributed by atoms with van der Waals surface area (Å²) in [5.74, 6) is -2.24. The maximum atomic E-state index is 13.8. The van der Waals surface area contributed by atoms with Crippen molar-refractivity contribution in [2.75, 3.05) is 44.9 Å². The lowest BCUT2D eigenvalue weighted by molar-refractivity contribution is -0.137. The van der Waals surface area contributed by atoms with E-state index in [1.54, 1.807) is 23.1 Å².